The fraction of sp³-hybridized carbons (Fsp3) is 0.167. The van der Waals surface area contributed by atoms with E-state index < -0.39 is 5.91 Å². The van der Waals surface area contributed by atoms with Gasteiger partial charge < -0.3 is 16.0 Å². The number of nitrogen functional groups attached to an aromatic ring is 1. The Bertz CT molecular complexity index is 915. The van der Waals surface area contributed by atoms with Gasteiger partial charge in [-0.15, -0.1) is 0 Å². The summed E-state index contributed by atoms with van der Waals surface area (Å²) in [5, 5.41) is 3.95. The van der Waals surface area contributed by atoms with Crippen molar-refractivity contribution in [3.63, 3.8) is 0 Å². The summed E-state index contributed by atoms with van der Waals surface area (Å²) in [6.07, 6.45) is 3.68. The number of hydrogen-bond donors (Lipinski definition) is 2. The topological polar surface area (TPSA) is 108 Å². The fourth-order valence-electron chi connectivity index (χ4n) is 2.84. The standard InChI is InChI=1S/C18H16N4O2/c19-16-13(10-4-5-10)9-15(21-17(16)18(20)23)12-3-1-2-11(8-12)14-6-7-24-22-14/h1-3,6-10H,4-5,19H2,(H2,20,23). The van der Waals surface area contributed by atoms with E-state index in [0.717, 1.165) is 35.2 Å². The Morgan fingerprint density at radius 2 is 1.88 bits per heavy atom. The number of carbonyl (C=O) groups excluding carboxylic acids is 1. The predicted molar refractivity (Wildman–Crippen MR) is 90.1 cm³/mol. The number of nitrogens with zero attached hydrogens (tertiary/aromatic N) is 2. The number of rotatable bonds is 4. The largest absolute Gasteiger partial charge is 0.397 e. The lowest BCUT2D eigenvalue weighted by Gasteiger charge is -2.11. The van der Waals surface area contributed by atoms with E-state index in [1.807, 2.05) is 30.3 Å². The van der Waals surface area contributed by atoms with Crippen molar-refractivity contribution in [3.05, 3.63) is 53.9 Å². The molecule has 1 aliphatic rings. The maximum Gasteiger partial charge on any atom is 0.269 e. The Morgan fingerprint density at radius 3 is 2.50 bits per heavy atom. The molecule has 0 aliphatic heterocycles. The summed E-state index contributed by atoms with van der Waals surface area (Å²) in [6, 6.07) is 11.5. The molecule has 1 aromatic carbocycles. The summed E-state index contributed by atoms with van der Waals surface area (Å²) in [5.74, 6) is -0.215. The number of anilines is 1. The van der Waals surface area contributed by atoms with Crippen LogP contribution in [-0.4, -0.2) is 16.0 Å². The van der Waals surface area contributed by atoms with Crippen LogP contribution in [0.15, 0.2) is 47.2 Å². The van der Waals surface area contributed by atoms with Gasteiger partial charge in [0.05, 0.1) is 11.4 Å². The van der Waals surface area contributed by atoms with Gasteiger partial charge >= 0.3 is 0 Å². The molecule has 1 saturated carbocycles. The van der Waals surface area contributed by atoms with Gasteiger partial charge in [-0.2, -0.15) is 0 Å². The van der Waals surface area contributed by atoms with Crippen LogP contribution in [0.4, 0.5) is 5.69 Å². The Kier molecular flexibility index (Phi) is 3.30. The minimum absolute atomic E-state index is 0.140. The van der Waals surface area contributed by atoms with Crippen LogP contribution < -0.4 is 11.5 Å². The van der Waals surface area contributed by atoms with E-state index >= 15 is 0 Å². The first kappa shape index (κ1) is 14.4. The average Bonchev–Trinajstić information content (AvgIpc) is 3.28. The van der Waals surface area contributed by atoms with Crippen molar-refractivity contribution in [3.8, 4) is 22.5 Å². The molecule has 0 bridgehead atoms. The first-order valence-electron chi connectivity index (χ1n) is 7.75. The highest BCUT2D eigenvalue weighted by Gasteiger charge is 2.28. The third-order valence-electron chi connectivity index (χ3n) is 4.23. The van der Waals surface area contributed by atoms with Gasteiger partial charge in [-0.3, -0.25) is 4.79 Å². The number of benzene rings is 1. The van der Waals surface area contributed by atoms with Crippen LogP contribution in [0.1, 0.15) is 34.8 Å². The van der Waals surface area contributed by atoms with Crippen LogP contribution in [0.2, 0.25) is 0 Å². The maximum atomic E-state index is 11.7. The summed E-state index contributed by atoms with van der Waals surface area (Å²) in [4.78, 5) is 16.1. The highest BCUT2D eigenvalue weighted by molar-refractivity contribution is 5.97. The van der Waals surface area contributed by atoms with Crippen LogP contribution in [0.3, 0.4) is 0 Å². The van der Waals surface area contributed by atoms with Crippen LogP contribution in [-0.2, 0) is 0 Å². The van der Waals surface area contributed by atoms with Crippen LogP contribution in [0, 0.1) is 0 Å². The Balaban J connectivity index is 1.84. The van der Waals surface area contributed by atoms with E-state index in [4.69, 9.17) is 16.0 Å². The van der Waals surface area contributed by atoms with Crippen molar-refractivity contribution in [2.75, 3.05) is 5.73 Å². The molecule has 3 aromatic rings. The molecule has 0 saturated heterocycles. The van der Waals surface area contributed by atoms with Crippen molar-refractivity contribution < 1.29 is 9.32 Å². The smallest absolute Gasteiger partial charge is 0.269 e. The number of carbonyl (C=O) groups is 1. The van der Waals surface area contributed by atoms with Crippen molar-refractivity contribution >= 4 is 11.6 Å². The van der Waals surface area contributed by atoms with Crippen molar-refractivity contribution in [1.29, 1.82) is 0 Å². The molecular weight excluding hydrogens is 304 g/mol. The fourth-order valence-corrected chi connectivity index (χ4v) is 2.84. The molecule has 0 unspecified atom stereocenters. The lowest BCUT2D eigenvalue weighted by molar-refractivity contribution is 0.0996. The molecule has 0 atom stereocenters. The van der Waals surface area contributed by atoms with Crippen molar-refractivity contribution in [2.24, 2.45) is 5.73 Å². The Labute approximate surface area is 138 Å². The minimum Gasteiger partial charge on any atom is -0.397 e. The molecule has 1 aliphatic carbocycles. The predicted octanol–water partition coefficient (Wildman–Crippen LogP) is 2.96. The molecule has 2 heterocycles. The molecule has 0 radical (unpaired) electrons. The van der Waals surface area contributed by atoms with Gasteiger partial charge in [-0.05, 0) is 36.5 Å². The van der Waals surface area contributed by atoms with Crippen molar-refractivity contribution in [1.82, 2.24) is 10.1 Å². The second kappa shape index (κ2) is 5.49. The number of primary amides is 1. The molecule has 1 fully saturated rings. The number of pyridine rings is 1. The van der Waals surface area contributed by atoms with E-state index in [1.165, 1.54) is 6.26 Å². The zero-order valence-corrected chi connectivity index (χ0v) is 12.9. The summed E-state index contributed by atoms with van der Waals surface area (Å²) >= 11 is 0. The molecule has 0 spiro atoms. The number of aromatic nitrogens is 2. The molecular formula is C18H16N4O2. The molecule has 1 amide bonds. The second-order valence-electron chi connectivity index (χ2n) is 5.96. The summed E-state index contributed by atoms with van der Waals surface area (Å²) < 4.78 is 4.90. The first-order chi connectivity index (χ1) is 11.6. The molecule has 4 rings (SSSR count). The maximum absolute atomic E-state index is 11.7. The third-order valence-corrected chi connectivity index (χ3v) is 4.23. The van der Waals surface area contributed by atoms with Gasteiger partial charge in [0.25, 0.3) is 5.91 Å². The van der Waals surface area contributed by atoms with Crippen molar-refractivity contribution in [2.45, 2.75) is 18.8 Å². The lowest BCUT2D eigenvalue weighted by atomic mass is 10.0. The average molecular weight is 320 g/mol. The van der Waals surface area contributed by atoms with E-state index in [2.05, 4.69) is 10.1 Å². The van der Waals surface area contributed by atoms with Gasteiger partial charge in [0.1, 0.15) is 12.0 Å². The van der Waals surface area contributed by atoms with Gasteiger partial charge in [-0.25, -0.2) is 4.98 Å². The molecule has 4 N–H and O–H groups in total. The van der Waals surface area contributed by atoms with E-state index in [9.17, 15) is 4.79 Å². The van der Waals surface area contributed by atoms with E-state index in [1.54, 1.807) is 6.07 Å². The SMILES string of the molecule is NC(=O)c1nc(-c2cccc(-c3ccon3)c2)cc(C2CC2)c1N. The Morgan fingerprint density at radius 1 is 1.12 bits per heavy atom. The van der Waals surface area contributed by atoms with Crippen LogP contribution in [0.5, 0.6) is 0 Å². The Hall–Kier alpha value is -3.15. The molecule has 24 heavy (non-hydrogen) atoms. The quantitative estimate of drug-likeness (QED) is 0.768. The summed E-state index contributed by atoms with van der Waals surface area (Å²) in [6.45, 7) is 0. The molecule has 120 valence electrons. The first-order valence-corrected chi connectivity index (χ1v) is 7.75. The number of nitrogens with two attached hydrogens (primary N) is 2. The molecule has 6 nitrogen and oxygen atoms in total. The van der Waals surface area contributed by atoms with Gasteiger partial charge in [0, 0.05) is 17.2 Å². The minimum atomic E-state index is -0.607. The molecule has 6 heteroatoms. The molecule has 2 aromatic heterocycles. The van der Waals surface area contributed by atoms with Crippen LogP contribution >= 0.6 is 0 Å². The highest BCUT2D eigenvalue weighted by Crippen LogP contribution is 2.44. The van der Waals surface area contributed by atoms with E-state index in [0.29, 0.717) is 17.3 Å². The van der Waals surface area contributed by atoms with Crippen LogP contribution in [0.25, 0.3) is 22.5 Å². The normalized spacial score (nSPS) is 13.8. The summed E-state index contributed by atoms with van der Waals surface area (Å²) in [7, 11) is 0. The zero-order chi connectivity index (χ0) is 16.7. The number of amides is 1. The second-order valence-corrected chi connectivity index (χ2v) is 5.96. The van der Waals surface area contributed by atoms with E-state index in [-0.39, 0.29) is 5.69 Å². The highest BCUT2D eigenvalue weighted by atomic mass is 16.5. The zero-order valence-electron chi connectivity index (χ0n) is 12.9. The third kappa shape index (κ3) is 2.52. The van der Waals surface area contributed by atoms with Gasteiger partial charge in [0.2, 0.25) is 0 Å². The van der Waals surface area contributed by atoms with Gasteiger partial charge in [0.15, 0.2) is 5.69 Å². The lowest BCUT2D eigenvalue weighted by Crippen LogP contribution is -2.17. The number of hydrogen-bond acceptors (Lipinski definition) is 5. The monoisotopic (exact) mass is 320 g/mol. The summed E-state index contributed by atoms with van der Waals surface area (Å²) in [5.41, 5.74) is 16.3. The van der Waals surface area contributed by atoms with Gasteiger partial charge in [-0.1, -0.05) is 23.4 Å².